The fourth-order valence-electron chi connectivity index (χ4n) is 5.78. The number of nitrogens with one attached hydrogen (secondary N) is 1. The van der Waals surface area contributed by atoms with Crippen LogP contribution in [-0.2, 0) is 32.6 Å². The van der Waals surface area contributed by atoms with Gasteiger partial charge < -0.3 is 10.2 Å². The molecule has 7 nitrogen and oxygen atoms in total. The highest BCUT2D eigenvalue weighted by atomic mass is 35.5. The van der Waals surface area contributed by atoms with Crippen LogP contribution in [0.5, 0.6) is 0 Å². The smallest absolute Gasteiger partial charge is 0.264 e. The molecular formula is C36H35Cl4N3O4S. The molecule has 2 amide bonds. The Labute approximate surface area is 301 Å². The second-order valence-electron chi connectivity index (χ2n) is 11.9. The Morgan fingerprint density at radius 2 is 1.48 bits per heavy atom. The van der Waals surface area contributed by atoms with Gasteiger partial charge in [0.15, 0.2) is 0 Å². The van der Waals surface area contributed by atoms with Gasteiger partial charge >= 0.3 is 0 Å². The highest BCUT2D eigenvalue weighted by Gasteiger charge is 2.36. The Kier molecular flexibility index (Phi) is 12.0. The van der Waals surface area contributed by atoms with Gasteiger partial charge in [0.1, 0.15) is 12.6 Å². The van der Waals surface area contributed by atoms with Crippen molar-refractivity contribution in [2.45, 2.75) is 62.6 Å². The van der Waals surface area contributed by atoms with Crippen LogP contribution in [0.4, 0.5) is 5.69 Å². The lowest BCUT2D eigenvalue weighted by atomic mass is 10.0. The van der Waals surface area contributed by atoms with E-state index in [9.17, 15) is 18.0 Å². The number of hydrogen-bond acceptors (Lipinski definition) is 4. The summed E-state index contributed by atoms with van der Waals surface area (Å²) in [6.07, 6.45) is 3.87. The lowest BCUT2D eigenvalue weighted by Crippen LogP contribution is -2.54. The predicted octanol–water partition coefficient (Wildman–Crippen LogP) is 8.50. The van der Waals surface area contributed by atoms with Gasteiger partial charge in [0.05, 0.1) is 15.6 Å². The third kappa shape index (κ3) is 8.84. The zero-order chi connectivity index (χ0) is 34.4. The van der Waals surface area contributed by atoms with Crippen molar-refractivity contribution in [3.63, 3.8) is 0 Å². The molecule has 0 bridgehead atoms. The quantitative estimate of drug-likeness (QED) is 0.158. The average Bonchev–Trinajstić information content (AvgIpc) is 3.57. The molecule has 1 saturated carbocycles. The van der Waals surface area contributed by atoms with Gasteiger partial charge in [-0.05, 0) is 73.4 Å². The minimum absolute atomic E-state index is 0.0180. The topological polar surface area (TPSA) is 86.8 Å². The number of carbonyl (C=O) groups is 2. The number of aryl methyl sites for hydroxylation is 1. The van der Waals surface area contributed by atoms with Crippen LogP contribution in [-0.4, -0.2) is 43.8 Å². The molecule has 0 saturated heterocycles. The molecule has 252 valence electrons. The van der Waals surface area contributed by atoms with E-state index in [-0.39, 0.29) is 45.5 Å². The molecule has 1 aliphatic rings. The fourth-order valence-corrected chi connectivity index (χ4v) is 8.11. The minimum atomic E-state index is -4.35. The molecule has 0 aliphatic heterocycles. The Bertz CT molecular complexity index is 1870. The summed E-state index contributed by atoms with van der Waals surface area (Å²) in [4.78, 5) is 30.2. The molecule has 48 heavy (non-hydrogen) atoms. The van der Waals surface area contributed by atoms with Crippen molar-refractivity contribution in [2.75, 3.05) is 10.8 Å². The summed E-state index contributed by atoms with van der Waals surface area (Å²) in [6, 6.07) is 23.9. The summed E-state index contributed by atoms with van der Waals surface area (Å²) in [5.74, 6) is -0.979. The van der Waals surface area contributed by atoms with Crippen LogP contribution in [0.3, 0.4) is 0 Å². The number of sulfonamides is 1. The molecule has 1 N–H and O–H groups in total. The predicted molar refractivity (Wildman–Crippen MR) is 194 cm³/mol. The van der Waals surface area contributed by atoms with Crippen LogP contribution in [0.1, 0.15) is 42.4 Å². The van der Waals surface area contributed by atoms with Crippen LogP contribution in [0, 0.1) is 6.92 Å². The van der Waals surface area contributed by atoms with Gasteiger partial charge in [-0.1, -0.05) is 113 Å². The van der Waals surface area contributed by atoms with E-state index < -0.39 is 28.5 Å². The monoisotopic (exact) mass is 745 g/mol. The summed E-state index contributed by atoms with van der Waals surface area (Å²) in [7, 11) is -4.35. The average molecular weight is 748 g/mol. The fraction of sp³-hybridized carbons (Fsp3) is 0.278. The molecule has 4 aromatic carbocycles. The van der Waals surface area contributed by atoms with E-state index in [1.54, 1.807) is 30.3 Å². The molecule has 1 atom stereocenters. The summed E-state index contributed by atoms with van der Waals surface area (Å²) < 4.78 is 29.5. The molecule has 0 aromatic heterocycles. The Morgan fingerprint density at radius 1 is 0.833 bits per heavy atom. The summed E-state index contributed by atoms with van der Waals surface area (Å²) in [5, 5.41) is 4.17. The standard InChI is InChI=1S/C36H35Cl4N3O4S/c1-24-11-16-30(17-12-24)48(46,47)43(33-21-28(38)15-18-31(33)39)23-35(44)42(22-26-13-14-27(37)20-32(26)40)34(19-25-7-3-2-4-8-25)36(45)41-29-9-5-6-10-29/h2-4,7-8,11-18,20-21,29,34H,5-6,9-10,19,22-23H2,1H3,(H,41,45)/t34-/m1/s1. The van der Waals surface area contributed by atoms with Crippen molar-refractivity contribution in [1.29, 1.82) is 0 Å². The van der Waals surface area contributed by atoms with Crippen molar-refractivity contribution in [2.24, 2.45) is 0 Å². The summed E-state index contributed by atoms with van der Waals surface area (Å²) in [5.41, 5.74) is 2.25. The second-order valence-corrected chi connectivity index (χ2v) is 15.4. The molecule has 0 heterocycles. The van der Waals surface area contributed by atoms with Gasteiger partial charge in [0.2, 0.25) is 11.8 Å². The molecular weight excluding hydrogens is 712 g/mol. The van der Waals surface area contributed by atoms with Crippen LogP contribution >= 0.6 is 46.4 Å². The van der Waals surface area contributed by atoms with Crippen molar-refractivity contribution in [3.8, 4) is 0 Å². The van der Waals surface area contributed by atoms with Gasteiger partial charge in [0, 0.05) is 34.1 Å². The van der Waals surface area contributed by atoms with Gasteiger partial charge in [-0.15, -0.1) is 0 Å². The number of halogens is 4. The Hall–Kier alpha value is -3.27. The van der Waals surface area contributed by atoms with E-state index in [0.717, 1.165) is 41.1 Å². The van der Waals surface area contributed by atoms with Crippen LogP contribution in [0.25, 0.3) is 0 Å². The zero-order valence-corrected chi connectivity index (χ0v) is 30.1. The van der Waals surface area contributed by atoms with Gasteiger partial charge in [0.25, 0.3) is 10.0 Å². The summed E-state index contributed by atoms with van der Waals surface area (Å²) in [6.45, 7) is 1.07. The molecule has 1 fully saturated rings. The van der Waals surface area contributed by atoms with Crippen molar-refractivity contribution in [1.82, 2.24) is 10.2 Å². The maximum Gasteiger partial charge on any atom is 0.264 e. The van der Waals surface area contributed by atoms with Crippen molar-refractivity contribution >= 4 is 73.9 Å². The third-order valence-corrected chi connectivity index (χ3v) is 11.3. The number of carbonyl (C=O) groups excluding carboxylic acids is 2. The Morgan fingerprint density at radius 3 is 2.15 bits per heavy atom. The number of nitrogens with zero attached hydrogens (tertiary/aromatic N) is 2. The van der Waals surface area contributed by atoms with Crippen LogP contribution in [0.15, 0.2) is 95.9 Å². The van der Waals surface area contributed by atoms with E-state index in [0.29, 0.717) is 15.6 Å². The maximum atomic E-state index is 14.7. The van der Waals surface area contributed by atoms with Gasteiger partial charge in [-0.2, -0.15) is 0 Å². The number of rotatable bonds is 12. The molecule has 1 aliphatic carbocycles. The van der Waals surface area contributed by atoms with E-state index in [1.807, 2.05) is 37.3 Å². The van der Waals surface area contributed by atoms with E-state index in [4.69, 9.17) is 46.4 Å². The second kappa shape index (κ2) is 16.0. The lowest BCUT2D eigenvalue weighted by molar-refractivity contribution is -0.140. The number of anilines is 1. The van der Waals surface area contributed by atoms with Gasteiger partial charge in [-0.3, -0.25) is 13.9 Å². The molecule has 12 heteroatoms. The van der Waals surface area contributed by atoms with E-state index in [2.05, 4.69) is 5.32 Å². The van der Waals surface area contributed by atoms with E-state index >= 15 is 0 Å². The molecule has 0 spiro atoms. The first-order chi connectivity index (χ1) is 22.9. The van der Waals surface area contributed by atoms with Crippen molar-refractivity contribution < 1.29 is 18.0 Å². The third-order valence-electron chi connectivity index (χ3n) is 8.39. The van der Waals surface area contributed by atoms with Crippen LogP contribution in [0.2, 0.25) is 20.1 Å². The maximum absolute atomic E-state index is 14.7. The lowest BCUT2D eigenvalue weighted by Gasteiger charge is -2.34. The van der Waals surface area contributed by atoms with Crippen LogP contribution < -0.4 is 9.62 Å². The summed E-state index contributed by atoms with van der Waals surface area (Å²) >= 11 is 25.7. The number of hydrogen-bond donors (Lipinski definition) is 1. The highest BCUT2D eigenvalue weighted by molar-refractivity contribution is 7.92. The zero-order valence-electron chi connectivity index (χ0n) is 26.2. The molecule has 0 radical (unpaired) electrons. The molecule has 4 aromatic rings. The van der Waals surface area contributed by atoms with E-state index in [1.165, 1.54) is 35.2 Å². The molecule has 0 unspecified atom stereocenters. The first-order valence-electron chi connectivity index (χ1n) is 15.5. The van der Waals surface area contributed by atoms with Crippen molar-refractivity contribution in [3.05, 3.63) is 128 Å². The Balaban J connectivity index is 1.61. The normalized spacial score (nSPS) is 14.0. The largest absolute Gasteiger partial charge is 0.352 e. The number of benzene rings is 4. The first kappa shape index (κ1) is 36.0. The van der Waals surface area contributed by atoms with Gasteiger partial charge in [-0.25, -0.2) is 8.42 Å². The number of amides is 2. The minimum Gasteiger partial charge on any atom is -0.352 e. The highest BCUT2D eigenvalue weighted by Crippen LogP contribution is 2.34. The first-order valence-corrected chi connectivity index (χ1v) is 18.5. The SMILES string of the molecule is Cc1ccc(S(=O)(=O)N(CC(=O)N(Cc2ccc(Cl)cc2Cl)[C@H](Cc2ccccc2)C(=O)NC2CCCC2)c2cc(Cl)ccc2Cl)cc1. The molecule has 5 rings (SSSR count).